The molecule has 3 aromatic rings. The maximum Gasteiger partial charge on any atom is 0.243 e. The van der Waals surface area contributed by atoms with E-state index in [-0.39, 0.29) is 34.5 Å². The first-order chi connectivity index (χ1) is 18.7. The summed E-state index contributed by atoms with van der Waals surface area (Å²) in [6.07, 6.45) is 1.89. The number of nitrogens with one attached hydrogen (secondary N) is 2. The number of benzene rings is 3. The Bertz CT molecular complexity index is 1440. The van der Waals surface area contributed by atoms with Crippen LogP contribution in [0.2, 0.25) is 0 Å². The fourth-order valence-corrected chi connectivity index (χ4v) is 6.85. The van der Waals surface area contributed by atoms with Gasteiger partial charge in [0.05, 0.1) is 5.69 Å². The normalized spacial score (nSPS) is 20.3. The van der Waals surface area contributed by atoms with E-state index in [1.165, 1.54) is 6.07 Å². The highest BCUT2D eigenvalue weighted by atomic mass is 32.2. The van der Waals surface area contributed by atoms with Gasteiger partial charge >= 0.3 is 0 Å². The smallest absolute Gasteiger partial charge is 0.243 e. The zero-order valence-corrected chi connectivity index (χ0v) is 22.7. The first-order valence-electron chi connectivity index (χ1n) is 13.3. The lowest BCUT2D eigenvalue weighted by molar-refractivity contribution is -0.122. The summed E-state index contributed by atoms with van der Waals surface area (Å²) < 4.78 is 30.3. The predicted molar refractivity (Wildman–Crippen MR) is 152 cm³/mol. The van der Waals surface area contributed by atoms with E-state index in [1.54, 1.807) is 19.1 Å². The third kappa shape index (κ3) is 6.15. The Morgan fingerprint density at radius 2 is 1.59 bits per heavy atom. The molecule has 0 bridgehead atoms. The number of primary amides is 1. The fourth-order valence-electron chi connectivity index (χ4n) is 5.37. The molecule has 1 aliphatic heterocycles. The zero-order chi connectivity index (χ0) is 27.6. The van der Waals surface area contributed by atoms with Crippen molar-refractivity contribution in [2.75, 3.05) is 23.3 Å². The van der Waals surface area contributed by atoms with E-state index in [0.717, 1.165) is 17.5 Å². The Morgan fingerprint density at radius 3 is 2.23 bits per heavy atom. The van der Waals surface area contributed by atoms with Gasteiger partial charge in [-0.25, -0.2) is 13.1 Å². The molecule has 1 aliphatic carbocycles. The molecule has 3 atom stereocenters. The summed E-state index contributed by atoms with van der Waals surface area (Å²) in [7, 11) is -3.97. The number of hydrogen-bond donors (Lipinski definition) is 3. The van der Waals surface area contributed by atoms with Crippen molar-refractivity contribution in [3.05, 3.63) is 90.0 Å². The van der Waals surface area contributed by atoms with E-state index in [9.17, 15) is 18.0 Å². The summed E-state index contributed by atoms with van der Waals surface area (Å²) >= 11 is 0. The number of sulfonamides is 1. The number of carbonyl (C=O) groups excluding carboxylic acids is 2. The first-order valence-corrected chi connectivity index (χ1v) is 14.8. The van der Waals surface area contributed by atoms with E-state index >= 15 is 0 Å². The average molecular weight is 547 g/mol. The molecule has 204 valence electrons. The molecular weight excluding hydrogens is 512 g/mol. The van der Waals surface area contributed by atoms with Crippen LogP contribution in [-0.2, 0) is 19.6 Å². The second-order valence-corrected chi connectivity index (χ2v) is 12.1. The minimum atomic E-state index is -3.97. The van der Waals surface area contributed by atoms with Crippen LogP contribution in [0.4, 0.5) is 11.4 Å². The highest BCUT2D eigenvalue weighted by Crippen LogP contribution is 2.48. The molecule has 2 amide bonds. The van der Waals surface area contributed by atoms with Crippen LogP contribution in [-0.4, -0.2) is 33.3 Å². The number of piperidine rings is 1. The van der Waals surface area contributed by atoms with E-state index in [1.807, 2.05) is 65.6 Å². The second-order valence-electron chi connectivity index (χ2n) is 10.4. The van der Waals surface area contributed by atoms with Crippen LogP contribution in [0, 0.1) is 11.8 Å². The molecule has 39 heavy (non-hydrogen) atoms. The third-order valence-corrected chi connectivity index (χ3v) is 9.31. The van der Waals surface area contributed by atoms with Gasteiger partial charge in [-0.3, -0.25) is 9.59 Å². The molecule has 4 N–H and O–H groups in total. The molecule has 9 heteroatoms. The van der Waals surface area contributed by atoms with Crippen molar-refractivity contribution in [2.45, 2.75) is 43.0 Å². The summed E-state index contributed by atoms with van der Waals surface area (Å²) in [5, 5.41) is 2.94. The Morgan fingerprint density at radius 1 is 0.949 bits per heavy atom. The summed E-state index contributed by atoms with van der Waals surface area (Å²) in [6, 6.07) is 23.9. The Kier molecular flexibility index (Phi) is 7.72. The highest BCUT2D eigenvalue weighted by molar-refractivity contribution is 7.89. The lowest BCUT2D eigenvalue weighted by atomic mass is 9.96. The van der Waals surface area contributed by atoms with Crippen molar-refractivity contribution in [1.82, 2.24) is 4.72 Å². The van der Waals surface area contributed by atoms with Gasteiger partial charge in [-0.1, -0.05) is 60.7 Å². The van der Waals surface area contributed by atoms with Crippen molar-refractivity contribution < 1.29 is 18.0 Å². The highest BCUT2D eigenvalue weighted by Gasteiger charge is 2.44. The molecule has 0 spiro atoms. The molecule has 3 aromatic carbocycles. The number of rotatable bonds is 9. The number of nitrogens with zero attached hydrogens (tertiary/aromatic N) is 1. The molecule has 0 unspecified atom stereocenters. The summed E-state index contributed by atoms with van der Waals surface area (Å²) in [5.74, 6) is -0.627. The van der Waals surface area contributed by atoms with Gasteiger partial charge in [0.1, 0.15) is 4.90 Å². The lowest BCUT2D eigenvalue weighted by Crippen LogP contribution is -2.39. The van der Waals surface area contributed by atoms with Crippen molar-refractivity contribution in [1.29, 1.82) is 0 Å². The minimum absolute atomic E-state index is 0.0935. The van der Waals surface area contributed by atoms with Crippen LogP contribution >= 0.6 is 0 Å². The summed E-state index contributed by atoms with van der Waals surface area (Å²) in [5.41, 5.74) is 8.45. The van der Waals surface area contributed by atoms with Crippen LogP contribution < -0.4 is 20.7 Å². The largest absolute Gasteiger partial charge is 0.370 e. The third-order valence-electron chi connectivity index (χ3n) is 7.74. The molecule has 2 aliphatic rings. The van der Waals surface area contributed by atoms with Crippen LogP contribution in [0.3, 0.4) is 0 Å². The number of hydrogen-bond acceptors (Lipinski definition) is 5. The second kappa shape index (κ2) is 11.2. The number of nitrogens with two attached hydrogens (primary N) is 1. The van der Waals surface area contributed by atoms with E-state index in [4.69, 9.17) is 5.73 Å². The monoisotopic (exact) mass is 546 g/mol. The van der Waals surface area contributed by atoms with Crippen molar-refractivity contribution in [3.63, 3.8) is 0 Å². The summed E-state index contributed by atoms with van der Waals surface area (Å²) in [4.78, 5) is 26.8. The molecule has 8 nitrogen and oxygen atoms in total. The number of anilines is 2. The SMILES string of the molecule is C[C@H](NS(=O)(=O)c1cc(NC(=O)[C@H]2C[C@H]2c2ccccc2)ccc1N1CCC(C(N)=O)CC1)c1ccccc1. The van der Waals surface area contributed by atoms with Crippen LogP contribution in [0.15, 0.2) is 83.8 Å². The maximum absolute atomic E-state index is 13.7. The van der Waals surface area contributed by atoms with E-state index < -0.39 is 16.1 Å². The molecular formula is C30H34N4O4S. The molecule has 2 fully saturated rings. The molecule has 1 saturated carbocycles. The fraction of sp³-hybridized carbons (Fsp3) is 0.333. The van der Waals surface area contributed by atoms with Gasteiger partial charge in [0.15, 0.2) is 0 Å². The van der Waals surface area contributed by atoms with Crippen LogP contribution in [0.25, 0.3) is 0 Å². The number of amides is 2. The van der Waals surface area contributed by atoms with Gasteiger partial charge in [-0.15, -0.1) is 0 Å². The minimum Gasteiger partial charge on any atom is -0.370 e. The van der Waals surface area contributed by atoms with Gasteiger partial charge < -0.3 is 16.0 Å². The van der Waals surface area contributed by atoms with Crippen molar-refractivity contribution in [2.24, 2.45) is 17.6 Å². The molecule has 1 saturated heterocycles. The van der Waals surface area contributed by atoms with Gasteiger partial charge in [-0.2, -0.15) is 0 Å². The Balaban J connectivity index is 1.39. The maximum atomic E-state index is 13.7. The molecule has 0 aromatic heterocycles. The first kappa shape index (κ1) is 26.9. The quantitative estimate of drug-likeness (QED) is 0.372. The van der Waals surface area contributed by atoms with Crippen LogP contribution in [0.1, 0.15) is 49.3 Å². The van der Waals surface area contributed by atoms with Crippen molar-refractivity contribution in [3.8, 4) is 0 Å². The molecule has 5 rings (SSSR count). The average Bonchev–Trinajstić information content (AvgIpc) is 3.75. The van der Waals surface area contributed by atoms with Crippen LogP contribution in [0.5, 0.6) is 0 Å². The van der Waals surface area contributed by atoms with E-state index in [2.05, 4.69) is 10.0 Å². The molecule has 0 radical (unpaired) electrons. The van der Waals surface area contributed by atoms with Gasteiger partial charge in [0, 0.05) is 36.7 Å². The predicted octanol–water partition coefficient (Wildman–Crippen LogP) is 4.17. The standard InChI is InChI=1S/C30H34N4O4S/c1-20(21-8-4-2-5-9-21)33-39(37,38)28-18-24(12-13-27(28)34-16-14-23(15-17-34)29(31)35)32-30(36)26-19-25(26)22-10-6-3-7-11-22/h2-13,18,20,23,25-26,33H,14-17,19H2,1H3,(H2,31,35)(H,32,36)/t20-,25-,26-/m0/s1. The lowest BCUT2D eigenvalue weighted by Gasteiger charge is -2.33. The Labute approximate surface area is 229 Å². The van der Waals surface area contributed by atoms with Gasteiger partial charge in [0.2, 0.25) is 21.8 Å². The van der Waals surface area contributed by atoms with E-state index in [0.29, 0.717) is 37.3 Å². The van der Waals surface area contributed by atoms with Crippen molar-refractivity contribution >= 4 is 33.2 Å². The van der Waals surface area contributed by atoms with Gasteiger partial charge in [-0.05, 0) is 61.4 Å². The Hall–Kier alpha value is -3.69. The summed E-state index contributed by atoms with van der Waals surface area (Å²) in [6.45, 7) is 2.82. The van der Waals surface area contributed by atoms with Gasteiger partial charge in [0.25, 0.3) is 0 Å². The topological polar surface area (TPSA) is 122 Å². The molecule has 1 heterocycles. The number of carbonyl (C=O) groups is 2. The zero-order valence-electron chi connectivity index (χ0n) is 21.9.